The molecule has 116 valence electrons. The van der Waals surface area contributed by atoms with Crippen LogP contribution in [0.15, 0.2) is 36.5 Å². The van der Waals surface area contributed by atoms with E-state index in [1.54, 1.807) is 10.9 Å². The Kier molecular flexibility index (Phi) is 4.13. The Morgan fingerprint density at radius 1 is 1.41 bits per heavy atom. The fourth-order valence-electron chi connectivity index (χ4n) is 2.91. The molecule has 0 fully saturated rings. The summed E-state index contributed by atoms with van der Waals surface area (Å²) in [5, 5.41) is 7.30. The molecule has 2 aromatic rings. The molecule has 0 saturated heterocycles. The summed E-state index contributed by atoms with van der Waals surface area (Å²) in [6.45, 7) is 2.60. The van der Waals surface area contributed by atoms with E-state index >= 15 is 0 Å². The summed E-state index contributed by atoms with van der Waals surface area (Å²) in [6, 6.07) is 9.82. The normalized spacial score (nSPS) is 18.7. The van der Waals surface area contributed by atoms with Crippen molar-refractivity contribution in [3.8, 4) is 5.75 Å². The van der Waals surface area contributed by atoms with Crippen molar-refractivity contribution in [2.45, 2.75) is 31.7 Å². The molecule has 2 atom stereocenters. The molecule has 0 saturated carbocycles. The number of aromatic nitrogens is 2. The molecule has 2 heterocycles. The summed E-state index contributed by atoms with van der Waals surface area (Å²) in [5.74, 6) is 0.660. The second-order valence-corrected chi connectivity index (χ2v) is 5.69. The van der Waals surface area contributed by atoms with Crippen molar-refractivity contribution in [3.63, 3.8) is 0 Å². The van der Waals surface area contributed by atoms with Gasteiger partial charge < -0.3 is 10.1 Å². The molecule has 2 unspecified atom stereocenters. The van der Waals surface area contributed by atoms with Gasteiger partial charge in [-0.05, 0) is 31.9 Å². The lowest BCUT2D eigenvalue weighted by molar-refractivity contribution is -0.123. The second kappa shape index (κ2) is 6.22. The first-order valence-electron chi connectivity index (χ1n) is 7.67. The van der Waals surface area contributed by atoms with Gasteiger partial charge in [-0.3, -0.25) is 9.48 Å². The highest BCUT2D eigenvalue weighted by molar-refractivity contribution is 5.83. The standard InChI is InChI=1S/C17H21N3O2/c1-12(15-9-10-18-20(15)2)17(21)19-14-7-5-11-22-16-8-4-3-6-13(14)16/h3-4,6,8-10,12,14H,5,7,11H2,1-2H3,(H,19,21). The first kappa shape index (κ1) is 14.6. The van der Waals surface area contributed by atoms with E-state index in [1.165, 1.54) is 0 Å². The maximum absolute atomic E-state index is 12.6. The fraction of sp³-hybridized carbons (Fsp3) is 0.412. The molecule has 0 spiro atoms. The number of para-hydroxylation sites is 1. The summed E-state index contributed by atoms with van der Waals surface area (Å²) in [7, 11) is 1.86. The molecule has 1 N–H and O–H groups in total. The van der Waals surface area contributed by atoms with Gasteiger partial charge in [0, 0.05) is 18.8 Å². The van der Waals surface area contributed by atoms with Crippen LogP contribution in [0, 0.1) is 0 Å². The van der Waals surface area contributed by atoms with Crippen LogP contribution in [-0.4, -0.2) is 22.3 Å². The second-order valence-electron chi connectivity index (χ2n) is 5.69. The molecule has 0 aliphatic carbocycles. The van der Waals surface area contributed by atoms with Gasteiger partial charge in [0.05, 0.1) is 24.3 Å². The van der Waals surface area contributed by atoms with Gasteiger partial charge in [-0.15, -0.1) is 0 Å². The number of benzene rings is 1. The minimum Gasteiger partial charge on any atom is -0.493 e. The van der Waals surface area contributed by atoms with E-state index in [9.17, 15) is 4.79 Å². The first-order valence-corrected chi connectivity index (χ1v) is 7.67. The minimum atomic E-state index is -0.233. The van der Waals surface area contributed by atoms with Crippen molar-refractivity contribution in [3.05, 3.63) is 47.8 Å². The van der Waals surface area contributed by atoms with Gasteiger partial charge in [-0.2, -0.15) is 5.10 Å². The number of amides is 1. The van der Waals surface area contributed by atoms with Gasteiger partial charge in [-0.1, -0.05) is 18.2 Å². The highest BCUT2D eigenvalue weighted by Gasteiger charge is 2.25. The SMILES string of the molecule is CC(C(=O)NC1CCCOc2ccccc21)c1ccnn1C. The highest BCUT2D eigenvalue weighted by Crippen LogP contribution is 2.31. The average molecular weight is 299 g/mol. The van der Waals surface area contributed by atoms with Crippen LogP contribution in [0.4, 0.5) is 0 Å². The number of nitrogens with one attached hydrogen (secondary N) is 1. The Balaban J connectivity index is 1.78. The van der Waals surface area contributed by atoms with Crippen LogP contribution in [0.25, 0.3) is 0 Å². The number of carbonyl (C=O) groups is 1. The van der Waals surface area contributed by atoms with E-state index in [-0.39, 0.29) is 17.9 Å². The monoisotopic (exact) mass is 299 g/mol. The van der Waals surface area contributed by atoms with E-state index < -0.39 is 0 Å². The molecule has 1 amide bonds. The van der Waals surface area contributed by atoms with Gasteiger partial charge >= 0.3 is 0 Å². The largest absolute Gasteiger partial charge is 0.493 e. The van der Waals surface area contributed by atoms with Crippen molar-refractivity contribution in [1.29, 1.82) is 0 Å². The van der Waals surface area contributed by atoms with Crippen LogP contribution < -0.4 is 10.1 Å². The molecule has 5 nitrogen and oxygen atoms in total. The van der Waals surface area contributed by atoms with Crippen LogP contribution in [0.5, 0.6) is 5.75 Å². The highest BCUT2D eigenvalue weighted by atomic mass is 16.5. The third-order valence-corrected chi connectivity index (χ3v) is 4.20. The Hall–Kier alpha value is -2.30. The Labute approximate surface area is 130 Å². The van der Waals surface area contributed by atoms with E-state index in [0.29, 0.717) is 6.61 Å². The zero-order valence-electron chi connectivity index (χ0n) is 13.0. The summed E-state index contributed by atoms with van der Waals surface area (Å²) in [4.78, 5) is 12.6. The number of nitrogens with zero attached hydrogens (tertiary/aromatic N) is 2. The molecule has 1 aromatic heterocycles. The topological polar surface area (TPSA) is 56.1 Å². The number of aryl methyl sites for hydroxylation is 1. The predicted octanol–water partition coefficient (Wildman–Crippen LogP) is 2.55. The van der Waals surface area contributed by atoms with E-state index in [0.717, 1.165) is 29.8 Å². The zero-order valence-corrected chi connectivity index (χ0v) is 13.0. The lowest BCUT2D eigenvalue weighted by atomic mass is 10.00. The van der Waals surface area contributed by atoms with Crippen molar-refractivity contribution in [2.75, 3.05) is 6.61 Å². The van der Waals surface area contributed by atoms with Crippen LogP contribution in [-0.2, 0) is 11.8 Å². The maximum Gasteiger partial charge on any atom is 0.229 e. The molecule has 1 aliphatic rings. The number of fused-ring (bicyclic) bond motifs is 1. The quantitative estimate of drug-likeness (QED) is 0.947. The summed E-state index contributed by atoms with van der Waals surface area (Å²) in [6.07, 6.45) is 3.54. The number of carbonyl (C=O) groups excluding carboxylic acids is 1. The maximum atomic E-state index is 12.6. The molecule has 5 heteroatoms. The summed E-state index contributed by atoms with van der Waals surface area (Å²) >= 11 is 0. The third kappa shape index (κ3) is 2.84. The molecule has 1 aliphatic heterocycles. The van der Waals surface area contributed by atoms with Crippen LogP contribution in [0.3, 0.4) is 0 Å². The van der Waals surface area contributed by atoms with Gasteiger partial charge in [0.25, 0.3) is 0 Å². The third-order valence-electron chi connectivity index (χ3n) is 4.20. The van der Waals surface area contributed by atoms with Crippen LogP contribution in [0.1, 0.15) is 43.0 Å². The fourth-order valence-corrected chi connectivity index (χ4v) is 2.91. The van der Waals surface area contributed by atoms with Gasteiger partial charge in [0.15, 0.2) is 0 Å². The lowest BCUT2D eigenvalue weighted by Crippen LogP contribution is -2.32. The van der Waals surface area contributed by atoms with E-state index in [4.69, 9.17) is 4.74 Å². The molecule has 22 heavy (non-hydrogen) atoms. The average Bonchev–Trinajstić information content (AvgIpc) is 2.85. The van der Waals surface area contributed by atoms with Gasteiger partial charge in [0.1, 0.15) is 5.75 Å². The van der Waals surface area contributed by atoms with Gasteiger partial charge in [-0.25, -0.2) is 0 Å². The van der Waals surface area contributed by atoms with Gasteiger partial charge in [0.2, 0.25) is 5.91 Å². The van der Waals surface area contributed by atoms with Crippen molar-refractivity contribution in [1.82, 2.24) is 15.1 Å². The van der Waals surface area contributed by atoms with Crippen molar-refractivity contribution >= 4 is 5.91 Å². The predicted molar refractivity (Wildman–Crippen MR) is 83.7 cm³/mol. The number of ether oxygens (including phenoxy) is 1. The molecular weight excluding hydrogens is 278 g/mol. The minimum absolute atomic E-state index is 0.00174. The molecule has 0 radical (unpaired) electrons. The van der Waals surface area contributed by atoms with Crippen molar-refractivity contribution < 1.29 is 9.53 Å². The Bertz CT molecular complexity index is 665. The van der Waals surface area contributed by atoms with E-state index in [1.807, 2.05) is 44.3 Å². The molecule has 1 aromatic carbocycles. The first-order chi connectivity index (χ1) is 10.7. The number of rotatable bonds is 3. The molecule has 0 bridgehead atoms. The Morgan fingerprint density at radius 2 is 2.23 bits per heavy atom. The zero-order chi connectivity index (χ0) is 15.5. The smallest absolute Gasteiger partial charge is 0.229 e. The molecular formula is C17H21N3O2. The molecule has 3 rings (SSSR count). The number of hydrogen-bond donors (Lipinski definition) is 1. The number of hydrogen-bond acceptors (Lipinski definition) is 3. The summed E-state index contributed by atoms with van der Waals surface area (Å²) < 4.78 is 7.49. The Morgan fingerprint density at radius 3 is 3.00 bits per heavy atom. The lowest BCUT2D eigenvalue weighted by Gasteiger charge is -2.21. The van der Waals surface area contributed by atoms with Crippen molar-refractivity contribution in [2.24, 2.45) is 7.05 Å². The van der Waals surface area contributed by atoms with E-state index in [2.05, 4.69) is 10.4 Å². The summed E-state index contributed by atoms with van der Waals surface area (Å²) in [5.41, 5.74) is 1.97. The van der Waals surface area contributed by atoms with Crippen LogP contribution in [0.2, 0.25) is 0 Å². The van der Waals surface area contributed by atoms with Crippen LogP contribution >= 0.6 is 0 Å².